The fraction of sp³-hybridized carbons (Fsp3) is 0.529. The third-order valence-electron chi connectivity index (χ3n) is 3.63. The number of amides is 1. The van der Waals surface area contributed by atoms with Crippen LogP contribution in [0.15, 0.2) is 24.3 Å². The summed E-state index contributed by atoms with van der Waals surface area (Å²) in [7, 11) is -3.55. The van der Waals surface area contributed by atoms with Crippen molar-refractivity contribution in [2.75, 3.05) is 23.7 Å². The van der Waals surface area contributed by atoms with E-state index in [1.807, 2.05) is 13.8 Å². The number of hydrogen-bond acceptors (Lipinski definition) is 5. The van der Waals surface area contributed by atoms with Gasteiger partial charge in [-0.1, -0.05) is 6.92 Å². The largest absolute Gasteiger partial charge is 0.462 e. The summed E-state index contributed by atoms with van der Waals surface area (Å²) in [6.45, 7) is 5.85. The summed E-state index contributed by atoms with van der Waals surface area (Å²) in [5.74, 6) is -0.668. The van der Waals surface area contributed by atoms with Crippen molar-refractivity contribution in [3.05, 3.63) is 29.8 Å². The number of carbonyl (C=O) groups is 2. The Labute approximate surface area is 149 Å². The van der Waals surface area contributed by atoms with Gasteiger partial charge in [0.2, 0.25) is 15.9 Å². The molecule has 0 fully saturated rings. The lowest BCUT2D eigenvalue weighted by atomic mass is 10.2. The number of nitrogens with zero attached hydrogens (tertiary/aromatic N) is 1. The number of anilines is 1. The van der Waals surface area contributed by atoms with E-state index in [-0.39, 0.29) is 31.5 Å². The quantitative estimate of drug-likeness (QED) is 0.671. The first-order valence-corrected chi connectivity index (χ1v) is 10.1. The second kappa shape index (κ2) is 9.41. The van der Waals surface area contributed by atoms with Crippen molar-refractivity contribution in [2.45, 2.75) is 39.7 Å². The van der Waals surface area contributed by atoms with Crippen LogP contribution in [0.5, 0.6) is 0 Å². The Balaban J connectivity index is 2.86. The van der Waals surface area contributed by atoms with E-state index >= 15 is 0 Å². The van der Waals surface area contributed by atoms with Gasteiger partial charge < -0.3 is 10.1 Å². The normalized spacial score (nSPS) is 12.3. The molecule has 1 atom stereocenters. The first-order chi connectivity index (χ1) is 11.7. The van der Waals surface area contributed by atoms with Gasteiger partial charge in [-0.3, -0.25) is 9.10 Å². The van der Waals surface area contributed by atoms with E-state index in [1.165, 1.54) is 24.3 Å². The maximum atomic E-state index is 12.0. The van der Waals surface area contributed by atoms with Crippen molar-refractivity contribution in [3.8, 4) is 0 Å². The Hall–Kier alpha value is -2.09. The van der Waals surface area contributed by atoms with Crippen molar-refractivity contribution in [1.29, 1.82) is 0 Å². The van der Waals surface area contributed by atoms with Crippen LogP contribution in [-0.4, -0.2) is 45.7 Å². The molecule has 0 bridgehead atoms. The molecular weight excluding hydrogens is 344 g/mol. The number of carbonyl (C=O) groups excluding carboxylic acids is 2. The van der Waals surface area contributed by atoms with Gasteiger partial charge in [-0.2, -0.15) is 0 Å². The summed E-state index contributed by atoms with van der Waals surface area (Å²) in [6, 6.07) is 6.11. The van der Waals surface area contributed by atoms with Gasteiger partial charge in [0.15, 0.2) is 0 Å². The summed E-state index contributed by atoms with van der Waals surface area (Å²) in [6.07, 6.45) is 1.94. The van der Waals surface area contributed by atoms with Crippen molar-refractivity contribution in [2.24, 2.45) is 0 Å². The Bertz CT molecular complexity index is 685. The SMILES string of the molecule is CCOC(=O)c1ccc(N(CCC(=O)NC(C)CC)S(C)(=O)=O)cc1. The molecule has 1 unspecified atom stereocenters. The Morgan fingerprint density at radius 3 is 2.28 bits per heavy atom. The van der Waals surface area contributed by atoms with Gasteiger partial charge in [0, 0.05) is 19.0 Å². The molecule has 0 radical (unpaired) electrons. The second-order valence-electron chi connectivity index (χ2n) is 5.73. The zero-order valence-corrected chi connectivity index (χ0v) is 15.9. The van der Waals surface area contributed by atoms with Gasteiger partial charge in [0.1, 0.15) is 0 Å². The standard InChI is InChI=1S/C17H26N2O5S/c1-5-13(3)18-16(20)11-12-19(25(4,22)23)15-9-7-14(8-10-15)17(21)24-6-2/h7-10,13H,5-6,11-12H2,1-4H3,(H,18,20). The average molecular weight is 370 g/mol. The van der Waals surface area contributed by atoms with Gasteiger partial charge in [-0.25, -0.2) is 13.2 Å². The highest BCUT2D eigenvalue weighted by Crippen LogP contribution is 2.19. The molecule has 1 rings (SSSR count). The lowest BCUT2D eigenvalue weighted by molar-refractivity contribution is -0.121. The molecule has 1 N–H and O–H groups in total. The lowest BCUT2D eigenvalue weighted by Gasteiger charge is -2.22. The molecular formula is C17H26N2O5S. The predicted octanol–water partition coefficient (Wildman–Crippen LogP) is 1.93. The molecule has 1 amide bonds. The average Bonchev–Trinajstić information content (AvgIpc) is 2.54. The van der Waals surface area contributed by atoms with E-state index in [1.54, 1.807) is 6.92 Å². The number of benzene rings is 1. The van der Waals surface area contributed by atoms with Gasteiger partial charge >= 0.3 is 5.97 Å². The zero-order chi connectivity index (χ0) is 19.0. The summed E-state index contributed by atoms with van der Waals surface area (Å²) in [5.41, 5.74) is 0.737. The second-order valence-corrected chi connectivity index (χ2v) is 7.64. The molecule has 25 heavy (non-hydrogen) atoms. The molecule has 0 aromatic heterocycles. The van der Waals surface area contributed by atoms with Crippen molar-refractivity contribution < 1.29 is 22.7 Å². The van der Waals surface area contributed by atoms with Gasteiger partial charge in [0.25, 0.3) is 0 Å². The Kier molecular flexibility index (Phi) is 7.89. The summed E-state index contributed by atoms with van der Waals surface area (Å²) in [5, 5.41) is 2.80. The van der Waals surface area contributed by atoms with Crippen LogP contribution >= 0.6 is 0 Å². The highest BCUT2D eigenvalue weighted by atomic mass is 32.2. The van der Waals surface area contributed by atoms with Crippen molar-refractivity contribution in [1.82, 2.24) is 5.32 Å². The molecule has 1 aromatic carbocycles. The fourth-order valence-electron chi connectivity index (χ4n) is 2.12. The molecule has 0 spiro atoms. The number of ether oxygens (including phenoxy) is 1. The van der Waals surface area contributed by atoms with Crippen LogP contribution in [0.4, 0.5) is 5.69 Å². The van der Waals surface area contributed by atoms with Crippen LogP contribution in [0.1, 0.15) is 44.0 Å². The predicted molar refractivity (Wildman–Crippen MR) is 97.1 cm³/mol. The zero-order valence-electron chi connectivity index (χ0n) is 15.1. The van der Waals surface area contributed by atoms with E-state index in [4.69, 9.17) is 4.74 Å². The molecule has 0 aliphatic rings. The van der Waals surface area contributed by atoms with Crippen molar-refractivity contribution in [3.63, 3.8) is 0 Å². The van der Waals surface area contributed by atoms with Crippen LogP contribution in [0.2, 0.25) is 0 Å². The monoisotopic (exact) mass is 370 g/mol. The first kappa shape index (κ1) is 21.0. The molecule has 0 saturated heterocycles. The van der Waals surface area contributed by atoms with Crippen molar-refractivity contribution >= 4 is 27.6 Å². The molecule has 7 nitrogen and oxygen atoms in total. The maximum Gasteiger partial charge on any atom is 0.338 e. The third-order valence-corrected chi connectivity index (χ3v) is 4.82. The number of sulfonamides is 1. The molecule has 0 aliphatic heterocycles. The summed E-state index contributed by atoms with van der Waals surface area (Å²) < 4.78 is 30.1. The van der Waals surface area contributed by atoms with E-state index in [9.17, 15) is 18.0 Å². The Morgan fingerprint density at radius 1 is 1.20 bits per heavy atom. The minimum atomic E-state index is -3.55. The molecule has 1 aromatic rings. The van der Waals surface area contributed by atoms with E-state index < -0.39 is 16.0 Å². The minimum Gasteiger partial charge on any atom is -0.462 e. The third kappa shape index (κ3) is 6.74. The first-order valence-electron chi connectivity index (χ1n) is 8.23. The smallest absolute Gasteiger partial charge is 0.338 e. The highest BCUT2D eigenvalue weighted by Gasteiger charge is 2.19. The number of esters is 1. The number of nitrogens with one attached hydrogen (secondary N) is 1. The van der Waals surface area contributed by atoms with Crippen LogP contribution in [0, 0.1) is 0 Å². The highest BCUT2D eigenvalue weighted by molar-refractivity contribution is 7.92. The van der Waals surface area contributed by atoms with Gasteiger partial charge in [-0.05, 0) is 44.5 Å². The van der Waals surface area contributed by atoms with E-state index in [0.29, 0.717) is 11.3 Å². The van der Waals surface area contributed by atoms with Crippen LogP contribution in [0.25, 0.3) is 0 Å². The van der Waals surface area contributed by atoms with Gasteiger partial charge in [0.05, 0.1) is 24.1 Å². The summed E-state index contributed by atoms with van der Waals surface area (Å²) in [4.78, 5) is 23.6. The minimum absolute atomic E-state index is 0.0276. The number of rotatable bonds is 9. The van der Waals surface area contributed by atoms with Gasteiger partial charge in [-0.15, -0.1) is 0 Å². The fourth-order valence-corrected chi connectivity index (χ4v) is 3.04. The Morgan fingerprint density at radius 2 is 1.80 bits per heavy atom. The van der Waals surface area contributed by atoms with Crippen LogP contribution in [-0.2, 0) is 19.6 Å². The molecule has 0 saturated carbocycles. The number of hydrogen-bond donors (Lipinski definition) is 1. The molecule has 0 heterocycles. The lowest BCUT2D eigenvalue weighted by Crippen LogP contribution is -2.37. The maximum absolute atomic E-state index is 12.0. The molecule has 140 valence electrons. The summed E-state index contributed by atoms with van der Waals surface area (Å²) >= 11 is 0. The van der Waals surface area contributed by atoms with Crippen LogP contribution in [0.3, 0.4) is 0 Å². The van der Waals surface area contributed by atoms with Crippen LogP contribution < -0.4 is 9.62 Å². The van der Waals surface area contributed by atoms with E-state index in [2.05, 4.69) is 5.32 Å². The van der Waals surface area contributed by atoms with E-state index in [0.717, 1.165) is 17.0 Å². The topological polar surface area (TPSA) is 92.8 Å². The molecule has 8 heteroatoms. The molecule has 0 aliphatic carbocycles.